The molecule has 1 aliphatic rings. The monoisotopic (exact) mass is 352 g/mol. The molecular weight excluding hydrogens is 332 g/mol. The van der Waals surface area contributed by atoms with Crippen LogP contribution in [-0.2, 0) is 5.75 Å². The Labute approximate surface area is 150 Å². The third-order valence-corrected chi connectivity index (χ3v) is 5.42. The van der Waals surface area contributed by atoms with Crippen molar-refractivity contribution in [3.8, 4) is 0 Å². The van der Waals surface area contributed by atoms with Gasteiger partial charge in [-0.1, -0.05) is 18.2 Å². The van der Waals surface area contributed by atoms with Crippen molar-refractivity contribution in [1.29, 1.82) is 0 Å². The van der Waals surface area contributed by atoms with Gasteiger partial charge in [0.25, 0.3) is 5.91 Å². The number of nitrogens with one attached hydrogen (secondary N) is 2. The Balaban J connectivity index is 1.47. The zero-order valence-electron chi connectivity index (χ0n) is 13.8. The van der Waals surface area contributed by atoms with Gasteiger partial charge in [0.2, 0.25) is 0 Å². The van der Waals surface area contributed by atoms with Gasteiger partial charge < -0.3 is 15.0 Å². The topological polar surface area (TPSA) is 58.4 Å². The van der Waals surface area contributed by atoms with Gasteiger partial charge in [-0.15, -0.1) is 11.8 Å². The Morgan fingerprint density at radius 2 is 2.16 bits per heavy atom. The van der Waals surface area contributed by atoms with E-state index in [0.717, 1.165) is 47.1 Å². The molecule has 128 valence electrons. The number of thioether (sulfide) groups is 1. The van der Waals surface area contributed by atoms with Gasteiger partial charge in [0.1, 0.15) is 5.65 Å². The Kier molecular flexibility index (Phi) is 4.72. The number of rotatable bonds is 5. The molecule has 1 unspecified atom stereocenters. The van der Waals surface area contributed by atoms with Crippen molar-refractivity contribution in [1.82, 2.24) is 20.0 Å². The van der Waals surface area contributed by atoms with E-state index in [0.29, 0.717) is 0 Å². The van der Waals surface area contributed by atoms with Gasteiger partial charge in [-0.05, 0) is 37.2 Å². The predicted octanol–water partition coefficient (Wildman–Crippen LogP) is 2.72. The van der Waals surface area contributed by atoms with E-state index in [-0.39, 0.29) is 11.9 Å². The van der Waals surface area contributed by atoms with Crippen LogP contribution in [-0.4, -0.2) is 34.4 Å². The molecule has 5 nitrogen and oxygen atoms in total. The number of nitrogens with zero attached hydrogens (tertiary/aromatic N) is 2. The Hall–Kier alpha value is -2.31. The first-order valence-corrected chi connectivity index (χ1v) is 9.44. The molecule has 3 aromatic rings. The third kappa shape index (κ3) is 3.70. The number of carbonyl (C=O) groups excluding carboxylic acids is 1. The second-order valence-electron chi connectivity index (χ2n) is 6.15. The molecular formula is C19H20N4OS. The average Bonchev–Trinajstić information content (AvgIpc) is 3.29. The fourth-order valence-corrected chi connectivity index (χ4v) is 3.96. The summed E-state index contributed by atoms with van der Waals surface area (Å²) < 4.78 is 2.02. The number of hydrogen-bond acceptors (Lipinski definition) is 4. The number of hydrogen-bond donors (Lipinski definition) is 2. The average molecular weight is 352 g/mol. The lowest BCUT2D eigenvalue weighted by Crippen LogP contribution is -2.36. The van der Waals surface area contributed by atoms with E-state index >= 15 is 0 Å². The van der Waals surface area contributed by atoms with Crippen molar-refractivity contribution in [2.24, 2.45) is 0 Å². The summed E-state index contributed by atoms with van der Waals surface area (Å²) >= 11 is 1.65. The Morgan fingerprint density at radius 3 is 3.00 bits per heavy atom. The second kappa shape index (κ2) is 7.29. The number of fused-ring (bicyclic) bond motifs is 1. The number of carbonyl (C=O) groups is 1. The molecule has 0 spiro atoms. The van der Waals surface area contributed by atoms with Crippen LogP contribution in [0.3, 0.4) is 0 Å². The van der Waals surface area contributed by atoms with Crippen molar-refractivity contribution in [3.63, 3.8) is 0 Å². The lowest BCUT2D eigenvalue weighted by Gasteiger charge is -2.13. The molecule has 1 fully saturated rings. The van der Waals surface area contributed by atoms with Crippen LogP contribution in [0.15, 0.2) is 59.8 Å². The first-order chi connectivity index (χ1) is 12.3. The Morgan fingerprint density at radius 1 is 1.28 bits per heavy atom. The van der Waals surface area contributed by atoms with E-state index in [9.17, 15) is 4.79 Å². The molecule has 0 aliphatic carbocycles. The maximum absolute atomic E-state index is 12.6. The minimum absolute atomic E-state index is 0.00630. The van der Waals surface area contributed by atoms with Gasteiger partial charge in [-0.3, -0.25) is 4.79 Å². The highest BCUT2D eigenvalue weighted by Crippen LogP contribution is 2.26. The summed E-state index contributed by atoms with van der Waals surface area (Å²) in [6.45, 7) is 1.82. The summed E-state index contributed by atoms with van der Waals surface area (Å²) in [5, 5.41) is 6.39. The molecule has 25 heavy (non-hydrogen) atoms. The van der Waals surface area contributed by atoms with Crippen molar-refractivity contribution < 1.29 is 4.79 Å². The zero-order chi connectivity index (χ0) is 17.1. The predicted molar refractivity (Wildman–Crippen MR) is 99.9 cm³/mol. The van der Waals surface area contributed by atoms with Crippen molar-refractivity contribution >= 4 is 23.3 Å². The van der Waals surface area contributed by atoms with Gasteiger partial charge in [-0.2, -0.15) is 0 Å². The highest BCUT2D eigenvalue weighted by Gasteiger charge is 2.19. The van der Waals surface area contributed by atoms with Crippen molar-refractivity contribution in [2.45, 2.75) is 23.1 Å². The lowest BCUT2D eigenvalue weighted by atomic mass is 10.2. The summed E-state index contributed by atoms with van der Waals surface area (Å²) in [5.74, 6) is 0.739. The first kappa shape index (κ1) is 16.2. The molecule has 4 rings (SSSR count). The molecule has 2 aromatic heterocycles. The van der Waals surface area contributed by atoms with Gasteiger partial charge in [-0.25, -0.2) is 4.98 Å². The SMILES string of the molecule is O=C(NC1CCNC1)c1ccccc1SCc1cn2ccccc2n1. The normalized spacial score (nSPS) is 17.0. The summed E-state index contributed by atoms with van der Waals surface area (Å²) in [6.07, 6.45) is 5.02. The van der Waals surface area contributed by atoms with E-state index in [1.165, 1.54) is 0 Å². The lowest BCUT2D eigenvalue weighted by molar-refractivity contribution is 0.0937. The van der Waals surface area contributed by atoms with Crippen LogP contribution < -0.4 is 10.6 Å². The number of aromatic nitrogens is 2. The summed E-state index contributed by atoms with van der Waals surface area (Å²) in [4.78, 5) is 18.2. The van der Waals surface area contributed by atoms with Crippen LogP contribution in [0.1, 0.15) is 22.5 Å². The van der Waals surface area contributed by atoms with Gasteiger partial charge in [0, 0.05) is 35.6 Å². The van der Waals surface area contributed by atoms with Crippen molar-refractivity contribution in [3.05, 3.63) is 66.1 Å². The fraction of sp³-hybridized carbons (Fsp3) is 0.263. The van der Waals surface area contributed by atoms with Crippen LogP contribution in [0, 0.1) is 0 Å². The number of imidazole rings is 1. The molecule has 1 aromatic carbocycles. The minimum Gasteiger partial charge on any atom is -0.348 e. The summed E-state index contributed by atoms with van der Waals surface area (Å²) in [7, 11) is 0. The maximum atomic E-state index is 12.6. The summed E-state index contributed by atoms with van der Waals surface area (Å²) in [5.41, 5.74) is 2.69. The van der Waals surface area contributed by atoms with Crippen LogP contribution in [0.2, 0.25) is 0 Å². The smallest absolute Gasteiger partial charge is 0.252 e. The molecule has 0 bridgehead atoms. The second-order valence-corrected chi connectivity index (χ2v) is 7.16. The van der Waals surface area contributed by atoms with E-state index in [1.54, 1.807) is 11.8 Å². The minimum atomic E-state index is 0.00630. The van der Waals surface area contributed by atoms with Gasteiger partial charge in [0.15, 0.2) is 0 Å². The van der Waals surface area contributed by atoms with Crippen LogP contribution in [0.25, 0.3) is 5.65 Å². The largest absolute Gasteiger partial charge is 0.348 e. The van der Waals surface area contributed by atoms with E-state index < -0.39 is 0 Å². The third-order valence-electron chi connectivity index (χ3n) is 4.32. The van der Waals surface area contributed by atoms with Crippen LogP contribution in [0.4, 0.5) is 0 Å². The molecule has 1 saturated heterocycles. The standard InChI is InChI=1S/C19H20N4OS/c24-19(22-14-8-9-20-11-14)16-5-1-2-6-17(16)25-13-15-12-23-10-4-3-7-18(23)21-15/h1-7,10,12,14,20H,8-9,11,13H2,(H,22,24). The maximum Gasteiger partial charge on any atom is 0.252 e. The van der Waals surface area contributed by atoms with E-state index in [2.05, 4.69) is 15.6 Å². The molecule has 1 aliphatic heterocycles. The number of benzene rings is 1. The van der Waals surface area contributed by atoms with E-state index in [4.69, 9.17) is 0 Å². The highest BCUT2D eigenvalue weighted by molar-refractivity contribution is 7.98. The van der Waals surface area contributed by atoms with E-state index in [1.807, 2.05) is 59.3 Å². The Bertz CT molecular complexity index is 853. The zero-order valence-corrected chi connectivity index (χ0v) is 14.6. The van der Waals surface area contributed by atoms with Crippen molar-refractivity contribution in [2.75, 3.05) is 13.1 Å². The molecule has 1 atom stereocenters. The van der Waals surface area contributed by atoms with Gasteiger partial charge in [0.05, 0.1) is 11.3 Å². The van der Waals surface area contributed by atoms with Crippen LogP contribution in [0.5, 0.6) is 0 Å². The number of pyridine rings is 1. The quantitative estimate of drug-likeness (QED) is 0.693. The molecule has 3 heterocycles. The number of amides is 1. The highest BCUT2D eigenvalue weighted by atomic mass is 32.2. The first-order valence-electron chi connectivity index (χ1n) is 8.45. The molecule has 1 amide bonds. The van der Waals surface area contributed by atoms with Crippen LogP contribution >= 0.6 is 11.8 Å². The molecule has 6 heteroatoms. The van der Waals surface area contributed by atoms with Gasteiger partial charge >= 0.3 is 0 Å². The molecule has 2 N–H and O–H groups in total. The fourth-order valence-electron chi connectivity index (χ4n) is 3.03. The molecule has 0 saturated carbocycles. The summed E-state index contributed by atoms with van der Waals surface area (Å²) in [6, 6.07) is 14.0. The molecule has 0 radical (unpaired) electrons.